The molecule has 3 rings (SSSR count). The summed E-state index contributed by atoms with van der Waals surface area (Å²) in [6.45, 7) is 0.484. The van der Waals surface area contributed by atoms with Gasteiger partial charge in [0, 0.05) is 30.3 Å². The fourth-order valence-electron chi connectivity index (χ4n) is 2.90. The van der Waals surface area contributed by atoms with Crippen LogP contribution in [0, 0.1) is 5.82 Å². The Morgan fingerprint density at radius 3 is 2.59 bits per heavy atom. The molecule has 0 bridgehead atoms. The Hall–Kier alpha value is -2.00. The van der Waals surface area contributed by atoms with Crippen LogP contribution in [0.4, 0.5) is 10.1 Å². The largest absolute Gasteiger partial charge is 0.325 e. The molecule has 6 nitrogen and oxygen atoms in total. The SMILES string of the molecule is O=C(CN1CCCN(Cc2cccc(Cl)c2)S1(=O)=O)Nc1cccc(F)c1. The molecule has 1 aliphatic rings. The first-order valence-electron chi connectivity index (χ1n) is 8.40. The maximum atomic E-state index is 13.2. The monoisotopic (exact) mass is 411 g/mol. The zero-order chi connectivity index (χ0) is 19.4. The van der Waals surface area contributed by atoms with Gasteiger partial charge in [-0.3, -0.25) is 4.79 Å². The van der Waals surface area contributed by atoms with Crippen molar-refractivity contribution in [3.8, 4) is 0 Å². The molecule has 1 amide bonds. The van der Waals surface area contributed by atoms with Crippen LogP contribution in [0.3, 0.4) is 0 Å². The first kappa shape index (κ1) is 19.8. The van der Waals surface area contributed by atoms with Crippen molar-refractivity contribution in [3.05, 3.63) is 64.9 Å². The molecule has 1 aliphatic heterocycles. The van der Waals surface area contributed by atoms with Gasteiger partial charge in [0.2, 0.25) is 5.91 Å². The van der Waals surface area contributed by atoms with Gasteiger partial charge in [-0.2, -0.15) is 17.0 Å². The number of carbonyl (C=O) groups is 1. The van der Waals surface area contributed by atoms with Crippen LogP contribution < -0.4 is 5.32 Å². The highest BCUT2D eigenvalue weighted by molar-refractivity contribution is 7.86. The van der Waals surface area contributed by atoms with E-state index in [0.717, 1.165) is 9.87 Å². The number of nitrogens with zero attached hydrogens (tertiary/aromatic N) is 2. The number of amides is 1. The highest BCUT2D eigenvalue weighted by atomic mass is 35.5. The van der Waals surface area contributed by atoms with E-state index in [1.807, 2.05) is 0 Å². The fourth-order valence-corrected chi connectivity index (χ4v) is 4.76. The Morgan fingerprint density at radius 2 is 1.85 bits per heavy atom. The molecule has 0 saturated carbocycles. The number of benzene rings is 2. The Balaban J connectivity index is 1.67. The smallest absolute Gasteiger partial charge is 0.282 e. The first-order chi connectivity index (χ1) is 12.8. The van der Waals surface area contributed by atoms with E-state index < -0.39 is 21.9 Å². The van der Waals surface area contributed by atoms with Crippen LogP contribution in [0.5, 0.6) is 0 Å². The van der Waals surface area contributed by atoms with E-state index >= 15 is 0 Å². The van der Waals surface area contributed by atoms with Gasteiger partial charge in [0.15, 0.2) is 0 Å². The molecule has 0 radical (unpaired) electrons. The zero-order valence-corrected chi connectivity index (χ0v) is 16.0. The van der Waals surface area contributed by atoms with Gasteiger partial charge in [-0.1, -0.05) is 29.8 Å². The van der Waals surface area contributed by atoms with Gasteiger partial charge < -0.3 is 5.32 Å². The number of anilines is 1. The Morgan fingerprint density at radius 1 is 1.11 bits per heavy atom. The molecular weight excluding hydrogens is 393 g/mol. The molecule has 0 aliphatic carbocycles. The second-order valence-corrected chi connectivity index (χ2v) is 8.58. The quantitative estimate of drug-likeness (QED) is 0.822. The average molecular weight is 412 g/mol. The third-order valence-corrected chi connectivity index (χ3v) is 6.31. The summed E-state index contributed by atoms with van der Waals surface area (Å²) in [5.41, 5.74) is 1.06. The van der Waals surface area contributed by atoms with Gasteiger partial charge in [0.05, 0.1) is 6.54 Å². The molecule has 0 spiro atoms. The van der Waals surface area contributed by atoms with Crippen molar-refractivity contribution in [1.82, 2.24) is 8.61 Å². The van der Waals surface area contributed by atoms with Crippen LogP contribution in [0.25, 0.3) is 0 Å². The number of hydrogen-bond donors (Lipinski definition) is 1. The summed E-state index contributed by atoms with van der Waals surface area (Å²) in [5.74, 6) is -1.00. The summed E-state index contributed by atoms with van der Waals surface area (Å²) in [5, 5.41) is 3.05. The number of carbonyl (C=O) groups excluding carboxylic acids is 1. The molecule has 0 atom stereocenters. The summed E-state index contributed by atoms with van der Waals surface area (Å²) in [6.07, 6.45) is 0.604. The van der Waals surface area contributed by atoms with Crippen molar-refractivity contribution in [2.45, 2.75) is 13.0 Å². The fraction of sp³-hybridized carbons (Fsp3) is 0.278. The first-order valence-corrected chi connectivity index (χ1v) is 10.2. The van der Waals surface area contributed by atoms with Gasteiger partial charge >= 0.3 is 0 Å². The van der Waals surface area contributed by atoms with E-state index in [1.54, 1.807) is 24.3 Å². The number of rotatable bonds is 5. The average Bonchev–Trinajstić information content (AvgIpc) is 2.59. The Bertz CT molecular complexity index is 939. The third-order valence-electron chi connectivity index (χ3n) is 4.14. The third kappa shape index (κ3) is 5.04. The standard InChI is InChI=1S/C18H19ClFN3O3S/c19-15-5-1-4-14(10-15)12-22-8-3-9-23(27(22,25)26)13-18(24)21-17-7-2-6-16(20)11-17/h1-2,4-7,10-11H,3,8-9,12-13H2,(H,21,24). The summed E-state index contributed by atoms with van der Waals surface area (Å²) in [7, 11) is -3.78. The summed E-state index contributed by atoms with van der Waals surface area (Å²) in [6, 6.07) is 12.4. The van der Waals surface area contributed by atoms with Crippen LogP contribution in [-0.2, 0) is 21.5 Å². The van der Waals surface area contributed by atoms with Crippen LogP contribution in [0.15, 0.2) is 48.5 Å². The zero-order valence-electron chi connectivity index (χ0n) is 14.4. The summed E-state index contributed by atoms with van der Waals surface area (Å²) >= 11 is 5.96. The van der Waals surface area contributed by atoms with Crippen molar-refractivity contribution < 1.29 is 17.6 Å². The lowest BCUT2D eigenvalue weighted by molar-refractivity contribution is -0.116. The summed E-state index contributed by atoms with van der Waals surface area (Å²) < 4.78 is 41.3. The van der Waals surface area contributed by atoms with Crippen LogP contribution in [0.2, 0.25) is 5.02 Å². The molecule has 2 aromatic carbocycles. The normalized spacial score (nSPS) is 17.6. The van der Waals surface area contributed by atoms with Crippen LogP contribution in [-0.4, -0.2) is 42.6 Å². The van der Waals surface area contributed by atoms with E-state index in [1.165, 1.54) is 28.6 Å². The van der Waals surface area contributed by atoms with E-state index in [0.29, 0.717) is 18.0 Å². The van der Waals surface area contributed by atoms with Crippen molar-refractivity contribution in [1.29, 1.82) is 0 Å². The Kier molecular flexibility index (Phi) is 6.11. The van der Waals surface area contributed by atoms with Crippen molar-refractivity contribution in [2.24, 2.45) is 0 Å². The van der Waals surface area contributed by atoms with Crippen LogP contribution >= 0.6 is 11.6 Å². The molecule has 1 N–H and O–H groups in total. The van der Waals surface area contributed by atoms with E-state index in [4.69, 9.17) is 11.6 Å². The number of halogens is 2. The van der Waals surface area contributed by atoms with Crippen LogP contribution in [0.1, 0.15) is 12.0 Å². The number of hydrogen-bond acceptors (Lipinski definition) is 3. The van der Waals surface area contributed by atoms with Crippen molar-refractivity contribution in [3.63, 3.8) is 0 Å². The van der Waals surface area contributed by atoms with Crippen molar-refractivity contribution in [2.75, 3.05) is 25.0 Å². The topological polar surface area (TPSA) is 69.7 Å². The molecule has 144 valence electrons. The summed E-state index contributed by atoms with van der Waals surface area (Å²) in [4.78, 5) is 12.2. The minimum absolute atomic E-state index is 0.185. The molecule has 1 heterocycles. The lowest BCUT2D eigenvalue weighted by Crippen LogP contribution is -2.51. The molecule has 9 heteroatoms. The van der Waals surface area contributed by atoms with Gasteiger partial charge in [0.25, 0.3) is 10.2 Å². The molecule has 1 saturated heterocycles. The number of nitrogens with one attached hydrogen (secondary N) is 1. The molecule has 27 heavy (non-hydrogen) atoms. The predicted molar refractivity (Wildman–Crippen MR) is 102 cm³/mol. The molecule has 1 fully saturated rings. The Labute approximate surface area is 162 Å². The highest BCUT2D eigenvalue weighted by Gasteiger charge is 2.34. The van der Waals surface area contributed by atoms with Gasteiger partial charge in [-0.05, 0) is 42.3 Å². The van der Waals surface area contributed by atoms with Gasteiger partial charge in [-0.15, -0.1) is 0 Å². The second kappa shape index (κ2) is 8.35. The van der Waals surface area contributed by atoms with E-state index in [2.05, 4.69) is 5.32 Å². The van der Waals surface area contributed by atoms with E-state index in [-0.39, 0.29) is 25.3 Å². The lowest BCUT2D eigenvalue weighted by Gasteiger charge is -2.34. The molecule has 2 aromatic rings. The highest BCUT2D eigenvalue weighted by Crippen LogP contribution is 2.21. The molecular formula is C18H19ClFN3O3S. The van der Waals surface area contributed by atoms with E-state index in [9.17, 15) is 17.6 Å². The minimum atomic E-state index is -3.78. The lowest BCUT2D eigenvalue weighted by atomic mass is 10.2. The minimum Gasteiger partial charge on any atom is -0.325 e. The molecule has 0 unspecified atom stereocenters. The maximum Gasteiger partial charge on any atom is 0.282 e. The van der Waals surface area contributed by atoms with Gasteiger partial charge in [0.1, 0.15) is 5.82 Å². The van der Waals surface area contributed by atoms with Crippen molar-refractivity contribution >= 4 is 33.4 Å². The molecule has 0 aromatic heterocycles. The van der Waals surface area contributed by atoms with Gasteiger partial charge in [-0.25, -0.2) is 4.39 Å². The predicted octanol–water partition coefficient (Wildman–Crippen LogP) is 2.87. The maximum absolute atomic E-state index is 13.2. The second-order valence-electron chi connectivity index (χ2n) is 6.22.